The summed E-state index contributed by atoms with van der Waals surface area (Å²) < 4.78 is 32.3. The van der Waals surface area contributed by atoms with Gasteiger partial charge in [-0.15, -0.1) is 0 Å². The predicted molar refractivity (Wildman–Crippen MR) is 65.5 cm³/mol. The number of alkyl halides is 2. The normalized spacial score (nSPS) is 19.5. The zero-order chi connectivity index (χ0) is 12.5. The van der Waals surface area contributed by atoms with Gasteiger partial charge in [-0.3, -0.25) is 4.90 Å². The third-order valence-corrected chi connectivity index (χ3v) is 3.67. The molecule has 5 heteroatoms. The summed E-state index contributed by atoms with van der Waals surface area (Å²) in [4.78, 5) is 1.75. The van der Waals surface area contributed by atoms with Crippen LogP contribution in [-0.2, 0) is 6.54 Å². The Balaban J connectivity index is 2.14. The summed E-state index contributed by atoms with van der Waals surface area (Å²) in [5, 5.41) is 0. The van der Waals surface area contributed by atoms with Crippen LogP contribution in [0.4, 0.5) is 8.78 Å². The Morgan fingerprint density at radius 2 is 2.24 bits per heavy atom. The van der Waals surface area contributed by atoms with Crippen molar-refractivity contribution in [3.05, 3.63) is 28.2 Å². The summed E-state index contributed by atoms with van der Waals surface area (Å²) in [6.07, 6.45) is -0.0558. The Morgan fingerprint density at radius 1 is 1.47 bits per heavy atom. The molecule has 0 aromatic heterocycles. The quantitative estimate of drug-likeness (QED) is 0.849. The van der Waals surface area contributed by atoms with Gasteiger partial charge in [0.05, 0.1) is 13.7 Å². The standard InChI is InChI=1S/C12H14BrF2NO/c1-17-11-4-2-3-10(13)9(11)7-16-6-5-12(14,15)8-16/h2-4H,5-8H2,1H3. The van der Waals surface area contributed by atoms with Crippen LogP contribution in [0.2, 0.25) is 0 Å². The third-order valence-electron chi connectivity index (χ3n) is 2.93. The molecule has 0 amide bonds. The summed E-state index contributed by atoms with van der Waals surface area (Å²) in [5.41, 5.74) is 0.924. The summed E-state index contributed by atoms with van der Waals surface area (Å²) in [5.74, 6) is -1.82. The van der Waals surface area contributed by atoms with E-state index < -0.39 is 5.92 Å². The lowest BCUT2D eigenvalue weighted by atomic mass is 10.2. The molecule has 1 fully saturated rings. The second kappa shape index (κ2) is 4.90. The largest absolute Gasteiger partial charge is 0.496 e. The second-order valence-electron chi connectivity index (χ2n) is 4.24. The summed E-state index contributed by atoms with van der Waals surface area (Å²) in [6.45, 7) is 0.745. The average Bonchev–Trinajstić information content (AvgIpc) is 2.61. The molecule has 0 aliphatic carbocycles. The summed E-state index contributed by atoms with van der Waals surface area (Å²) in [7, 11) is 1.59. The fourth-order valence-electron chi connectivity index (χ4n) is 2.05. The molecule has 0 unspecified atom stereocenters. The maximum absolute atomic E-state index is 13.1. The minimum absolute atomic E-state index is 0.0558. The Morgan fingerprint density at radius 3 is 2.82 bits per heavy atom. The van der Waals surface area contributed by atoms with E-state index in [1.165, 1.54) is 0 Å². The lowest BCUT2D eigenvalue weighted by Crippen LogP contribution is -2.25. The van der Waals surface area contributed by atoms with Gasteiger partial charge in [0.1, 0.15) is 5.75 Å². The van der Waals surface area contributed by atoms with Gasteiger partial charge >= 0.3 is 0 Å². The highest BCUT2D eigenvalue weighted by molar-refractivity contribution is 9.10. The second-order valence-corrected chi connectivity index (χ2v) is 5.09. The number of rotatable bonds is 3. The highest BCUT2D eigenvalue weighted by Crippen LogP contribution is 2.32. The molecule has 0 spiro atoms. The molecule has 0 saturated carbocycles. The van der Waals surface area contributed by atoms with Crippen LogP contribution in [0.5, 0.6) is 5.75 Å². The zero-order valence-electron chi connectivity index (χ0n) is 9.55. The van der Waals surface area contributed by atoms with Crippen molar-refractivity contribution >= 4 is 15.9 Å². The van der Waals surface area contributed by atoms with Gasteiger partial charge in [0.25, 0.3) is 5.92 Å². The highest BCUT2D eigenvalue weighted by Gasteiger charge is 2.38. The SMILES string of the molecule is COc1cccc(Br)c1CN1CCC(F)(F)C1. The zero-order valence-corrected chi connectivity index (χ0v) is 11.1. The fourth-order valence-corrected chi connectivity index (χ4v) is 2.52. The molecule has 17 heavy (non-hydrogen) atoms. The average molecular weight is 306 g/mol. The molecule has 1 saturated heterocycles. The molecule has 0 N–H and O–H groups in total. The Kier molecular flexibility index (Phi) is 3.68. The van der Waals surface area contributed by atoms with Crippen molar-refractivity contribution in [2.75, 3.05) is 20.2 Å². The smallest absolute Gasteiger partial charge is 0.261 e. The third kappa shape index (κ3) is 2.96. The molecule has 1 heterocycles. The van der Waals surface area contributed by atoms with E-state index in [1.807, 2.05) is 18.2 Å². The number of hydrogen-bond donors (Lipinski definition) is 0. The van der Waals surface area contributed by atoms with Crippen molar-refractivity contribution in [3.63, 3.8) is 0 Å². The fraction of sp³-hybridized carbons (Fsp3) is 0.500. The summed E-state index contributed by atoms with van der Waals surface area (Å²) >= 11 is 3.43. The van der Waals surface area contributed by atoms with Crippen molar-refractivity contribution in [3.8, 4) is 5.75 Å². The maximum Gasteiger partial charge on any atom is 0.261 e. The molecule has 1 aromatic rings. The number of methoxy groups -OCH3 is 1. The first-order chi connectivity index (χ1) is 8.02. The van der Waals surface area contributed by atoms with E-state index in [-0.39, 0.29) is 13.0 Å². The molecule has 0 bridgehead atoms. The van der Waals surface area contributed by atoms with Crippen LogP contribution in [0.25, 0.3) is 0 Å². The number of hydrogen-bond acceptors (Lipinski definition) is 2. The molecule has 94 valence electrons. The minimum Gasteiger partial charge on any atom is -0.496 e. The van der Waals surface area contributed by atoms with Gasteiger partial charge < -0.3 is 4.74 Å². The first kappa shape index (κ1) is 12.8. The van der Waals surface area contributed by atoms with Gasteiger partial charge in [0.2, 0.25) is 0 Å². The molecule has 1 aromatic carbocycles. The van der Waals surface area contributed by atoms with E-state index in [9.17, 15) is 8.78 Å². The van der Waals surface area contributed by atoms with Crippen LogP contribution in [0, 0.1) is 0 Å². The summed E-state index contributed by atoms with van der Waals surface area (Å²) in [6, 6.07) is 5.60. The minimum atomic E-state index is -2.55. The van der Waals surface area contributed by atoms with Crippen molar-refractivity contribution < 1.29 is 13.5 Å². The van der Waals surface area contributed by atoms with Crippen molar-refractivity contribution in [2.24, 2.45) is 0 Å². The lowest BCUT2D eigenvalue weighted by Gasteiger charge is -2.18. The van der Waals surface area contributed by atoms with Gasteiger partial charge in [0, 0.05) is 29.5 Å². The van der Waals surface area contributed by atoms with Crippen LogP contribution < -0.4 is 4.74 Å². The van der Waals surface area contributed by atoms with Gasteiger partial charge in [-0.25, -0.2) is 8.78 Å². The lowest BCUT2D eigenvalue weighted by molar-refractivity contribution is 0.0114. The van der Waals surface area contributed by atoms with E-state index in [2.05, 4.69) is 15.9 Å². The molecule has 1 aliphatic rings. The molecule has 2 rings (SSSR count). The van der Waals surface area contributed by atoms with E-state index in [0.29, 0.717) is 13.1 Å². The Bertz CT molecular complexity index is 411. The topological polar surface area (TPSA) is 12.5 Å². The van der Waals surface area contributed by atoms with Crippen molar-refractivity contribution in [2.45, 2.75) is 18.9 Å². The number of likely N-dealkylation sites (tertiary alicyclic amines) is 1. The monoisotopic (exact) mass is 305 g/mol. The molecule has 2 nitrogen and oxygen atoms in total. The Hall–Kier alpha value is -0.680. The number of nitrogens with zero attached hydrogens (tertiary/aromatic N) is 1. The number of benzene rings is 1. The Labute approximate surface area is 108 Å². The molecule has 0 radical (unpaired) electrons. The molecular weight excluding hydrogens is 292 g/mol. The maximum atomic E-state index is 13.1. The number of halogens is 3. The first-order valence-electron chi connectivity index (χ1n) is 5.43. The molecule has 1 aliphatic heterocycles. The van der Waals surface area contributed by atoms with Crippen LogP contribution >= 0.6 is 15.9 Å². The first-order valence-corrected chi connectivity index (χ1v) is 6.23. The van der Waals surface area contributed by atoms with Crippen molar-refractivity contribution in [1.29, 1.82) is 0 Å². The van der Waals surface area contributed by atoms with E-state index in [0.717, 1.165) is 15.8 Å². The molecule has 0 atom stereocenters. The van der Waals surface area contributed by atoms with Gasteiger partial charge in [0.15, 0.2) is 0 Å². The van der Waals surface area contributed by atoms with Crippen LogP contribution in [-0.4, -0.2) is 31.0 Å². The van der Waals surface area contributed by atoms with Gasteiger partial charge in [-0.1, -0.05) is 22.0 Å². The van der Waals surface area contributed by atoms with E-state index in [1.54, 1.807) is 12.0 Å². The van der Waals surface area contributed by atoms with E-state index >= 15 is 0 Å². The predicted octanol–water partition coefficient (Wildman–Crippen LogP) is 3.30. The van der Waals surface area contributed by atoms with Gasteiger partial charge in [-0.05, 0) is 12.1 Å². The number of ether oxygens (including phenoxy) is 1. The van der Waals surface area contributed by atoms with Crippen molar-refractivity contribution in [1.82, 2.24) is 4.90 Å². The van der Waals surface area contributed by atoms with Crippen LogP contribution in [0.1, 0.15) is 12.0 Å². The van der Waals surface area contributed by atoms with Crippen LogP contribution in [0.3, 0.4) is 0 Å². The highest BCUT2D eigenvalue weighted by atomic mass is 79.9. The molecular formula is C12H14BrF2NO. The van der Waals surface area contributed by atoms with Gasteiger partial charge in [-0.2, -0.15) is 0 Å². The van der Waals surface area contributed by atoms with Crippen LogP contribution in [0.15, 0.2) is 22.7 Å². The van der Waals surface area contributed by atoms with E-state index in [4.69, 9.17) is 4.74 Å².